The smallest absolute Gasteiger partial charge is 0.210 e. The molecule has 2 aromatic carbocycles. The largest absolute Gasteiger partial charge is 0.497 e. The molecular formula is C21H20N4O3S3. The first kappa shape index (κ1) is 21.4. The summed E-state index contributed by atoms with van der Waals surface area (Å²) in [6, 6.07) is 13.5. The van der Waals surface area contributed by atoms with Crippen LogP contribution < -0.4 is 19.5 Å². The highest BCUT2D eigenvalue weighted by atomic mass is 32.2. The van der Waals surface area contributed by atoms with Crippen molar-refractivity contribution in [3.05, 3.63) is 53.5 Å². The second-order valence-corrected chi connectivity index (χ2v) is 9.29. The van der Waals surface area contributed by atoms with Gasteiger partial charge in [-0.05, 0) is 42.5 Å². The molecule has 0 atom stereocenters. The first-order valence-corrected chi connectivity index (χ1v) is 11.9. The van der Waals surface area contributed by atoms with Crippen LogP contribution in [0.1, 0.15) is 5.69 Å². The lowest BCUT2D eigenvalue weighted by Gasteiger charge is -2.08. The maximum Gasteiger partial charge on any atom is 0.210 e. The van der Waals surface area contributed by atoms with E-state index in [-0.39, 0.29) is 0 Å². The summed E-state index contributed by atoms with van der Waals surface area (Å²) in [5.41, 5.74) is 2.94. The summed E-state index contributed by atoms with van der Waals surface area (Å²) in [6.45, 7) is 0. The lowest BCUT2D eigenvalue weighted by atomic mass is 10.2. The van der Waals surface area contributed by atoms with Gasteiger partial charge in [-0.1, -0.05) is 23.1 Å². The summed E-state index contributed by atoms with van der Waals surface area (Å²) >= 11 is 4.73. The van der Waals surface area contributed by atoms with E-state index >= 15 is 0 Å². The van der Waals surface area contributed by atoms with Crippen LogP contribution in [0.2, 0.25) is 0 Å². The van der Waals surface area contributed by atoms with Gasteiger partial charge in [-0.15, -0.1) is 21.5 Å². The fraction of sp³-hybridized carbons (Fsp3) is 0.190. The SMILES string of the molecule is COc1ccc(Nc2nnc(SCc3csc(-c4ccc(OC)c(OC)c4)n3)s2)cc1. The topological polar surface area (TPSA) is 78.4 Å². The number of nitrogens with one attached hydrogen (secondary N) is 1. The predicted molar refractivity (Wildman–Crippen MR) is 126 cm³/mol. The molecule has 4 rings (SSSR count). The number of hydrogen-bond acceptors (Lipinski definition) is 10. The minimum absolute atomic E-state index is 0.692. The Kier molecular flexibility index (Phi) is 6.90. The quantitative estimate of drug-likeness (QED) is 0.310. The molecule has 0 aliphatic rings. The molecule has 7 nitrogen and oxygen atoms in total. The van der Waals surface area contributed by atoms with Gasteiger partial charge in [0.05, 0.1) is 27.0 Å². The third kappa shape index (κ3) is 5.27. The molecule has 0 amide bonds. The van der Waals surface area contributed by atoms with Crippen LogP contribution in [0.25, 0.3) is 10.6 Å². The van der Waals surface area contributed by atoms with Gasteiger partial charge in [0.15, 0.2) is 15.8 Å². The zero-order chi connectivity index (χ0) is 21.6. The predicted octanol–water partition coefficient (Wildman–Crippen LogP) is 5.72. The number of anilines is 2. The standard InChI is InChI=1S/C21H20N4O3S3/c1-26-16-7-5-14(6-8-16)23-20-24-25-21(31-20)30-12-15-11-29-19(22-15)13-4-9-17(27-2)18(10-13)28-3/h4-11H,12H2,1-3H3,(H,23,24). The first-order valence-electron chi connectivity index (χ1n) is 9.22. The Morgan fingerprint density at radius 1 is 0.935 bits per heavy atom. The molecule has 10 heteroatoms. The Hall–Kier alpha value is -2.82. The average Bonchev–Trinajstić information content (AvgIpc) is 3.47. The van der Waals surface area contributed by atoms with E-state index in [0.29, 0.717) is 11.5 Å². The summed E-state index contributed by atoms with van der Waals surface area (Å²) in [7, 11) is 4.91. The summed E-state index contributed by atoms with van der Waals surface area (Å²) in [6.07, 6.45) is 0. The molecule has 0 aliphatic heterocycles. The number of thiazole rings is 1. The fourth-order valence-corrected chi connectivity index (χ4v) is 5.31. The van der Waals surface area contributed by atoms with E-state index in [4.69, 9.17) is 19.2 Å². The van der Waals surface area contributed by atoms with Gasteiger partial charge in [-0.3, -0.25) is 0 Å². The van der Waals surface area contributed by atoms with E-state index in [1.54, 1.807) is 44.4 Å². The van der Waals surface area contributed by atoms with Gasteiger partial charge in [-0.2, -0.15) is 0 Å². The van der Waals surface area contributed by atoms with Crippen molar-refractivity contribution < 1.29 is 14.2 Å². The van der Waals surface area contributed by atoms with Crippen molar-refractivity contribution in [2.75, 3.05) is 26.6 Å². The Balaban J connectivity index is 1.37. The summed E-state index contributed by atoms with van der Waals surface area (Å²) in [5, 5.41) is 15.5. The molecule has 0 saturated carbocycles. The monoisotopic (exact) mass is 472 g/mol. The molecule has 0 saturated heterocycles. The molecule has 0 bridgehead atoms. The van der Waals surface area contributed by atoms with Gasteiger partial charge in [0.25, 0.3) is 0 Å². The fourth-order valence-electron chi connectivity index (χ4n) is 2.73. The van der Waals surface area contributed by atoms with Crippen LogP contribution in [0.15, 0.2) is 52.2 Å². The number of thioether (sulfide) groups is 1. The van der Waals surface area contributed by atoms with Crippen molar-refractivity contribution in [2.24, 2.45) is 0 Å². The normalized spacial score (nSPS) is 10.7. The van der Waals surface area contributed by atoms with Crippen LogP contribution >= 0.6 is 34.4 Å². The van der Waals surface area contributed by atoms with Gasteiger partial charge in [-0.25, -0.2) is 4.98 Å². The van der Waals surface area contributed by atoms with Gasteiger partial charge in [0.2, 0.25) is 5.13 Å². The highest BCUT2D eigenvalue weighted by Crippen LogP contribution is 2.35. The van der Waals surface area contributed by atoms with Crippen molar-refractivity contribution in [1.82, 2.24) is 15.2 Å². The Morgan fingerprint density at radius 2 is 1.74 bits per heavy atom. The number of methoxy groups -OCH3 is 3. The minimum Gasteiger partial charge on any atom is -0.497 e. The molecule has 1 N–H and O–H groups in total. The van der Waals surface area contributed by atoms with Crippen LogP contribution in [-0.2, 0) is 5.75 Å². The maximum atomic E-state index is 5.39. The molecule has 2 heterocycles. The van der Waals surface area contributed by atoms with Crippen LogP contribution in [-0.4, -0.2) is 36.5 Å². The summed E-state index contributed by atoms with van der Waals surface area (Å²) in [5.74, 6) is 2.93. The second kappa shape index (κ2) is 9.99. The van der Waals surface area contributed by atoms with E-state index in [0.717, 1.165) is 42.9 Å². The molecule has 0 fully saturated rings. The van der Waals surface area contributed by atoms with Gasteiger partial charge >= 0.3 is 0 Å². The zero-order valence-corrected chi connectivity index (χ0v) is 19.6. The molecule has 160 valence electrons. The van der Waals surface area contributed by atoms with Crippen LogP contribution in [0.3, 0.4) is 0 Å². The lowest BCUT2D eigenvalue weighted by Crippen LogP contribution is -1.90. The van der Waals surface area contributed by atoms with Crippen molar-refractivity contribution >= 4 is 45.3 Å². The molecule has 4 aromatic rings. The first-order chi connectivity index (χ1) is 15.2. The van der Waals surface area contributed by atoms with Crippen molar-refractivity contribution in [3.8, 4) is 27.8 Å². The summed E-state index contributed by atoms with van der Waals surface area (Å²) < 4.78 is 16.8. The van der Waals surface area contributed by atoms with Crippen molar-refractivity contribution in [1.29, 1.82) is 0 Å². The Bertz CT molecular complexity index is 1140. The third-order valence-electron chi connectivity index (χ3n) is 4.27. The van der Waals surface area contributed by atoms with E-state index < -0.39 is 0 Å². The number of rotatable bonds is 9. The third-order valence-corrected chi connectivity index (χ3v) is 7.22. The highest BCUT2D eigenvalue weighted by molar-refractivity contribution is 8.00. The molecule has 31 heavy (non-hydrogen) atoms. The molecule has 2 aromatic heterocycles. The van der Waals surface area contributed by atoms with E-state index in [1.165, 1.54) is 11.3 Å². The molecule has 0 unspecified atom stereocenters. The minimum atomic E-state index is 0.692. The molecular weight excluding hydrogens is 452 g/mol. The highest BCUT2D eigenvalue weighted by Gasteiger charge is 2.11. The van der Waals surface area contributed by atoms with Gasteiger partial charge in [0.1, 0.15) is 10.8 Å². The van der Waals surface area contributed by atoms with Crippen molar-refractivity contribution in [2.45, 2.75) is 10.1 Å². The van der Waals surface area contributed by atoms with Gasteiger partial charge in [0, 0.05) is 22.4 Å². The maximum absolute atomic E-state index is 5.39. The number of benzene rings is 2. The number of aromatic nitrogens is 3. The van der Waals surface area contributed by atoms with E-state index in [9.17, 15) is 0 Å². The van der Waals surface area contributed by atoms with Crippen LogP contribution in [0.5, 0.6) is 17.2 Å². The number of hydrogen-bond donors (Lipinski definition) is 1. The Morgan fingerprint density at radius 3 is 2.48 bits per heavy atom. The van der Waals surface area contributed by atoms with Crippen molar-refractivity contribution in [3.63, 3.8) is 0 Å². The number of ether oxygens (including phenoxy) is 3. The van der Waals surface area contributed by atoms with Crippen LogP contribution in [0, 0.1) is 0 Å². The summed E-state index contributed by atoms with van der Waals surface area (Å²) in [4.78, 5) is 4.75. The van der Waals surface area contributed by atoms with Crippen LogP contribution in [0.4, 0.5) is 10.8 Å². The van der Waals surface area contributed by atoms with E-state index in [1.807, 2.05) is 42.5 Å². The van der Waals surface area contributed by atoms with E-state index in [2.05, 4.69) is 20.9 Å². The molecule has 0 radical (unpaired) electrons. The number of nitrogens with zero attached hydrogens (tertiary/aromatic N) is 3. The molecule has 0 spiro atoms. The zero-order valence-electron chi connectivity index (χ0n) is 17.1. The van der Waals surface area contributed by atoms with Gasteiger partial charge < -0.3 is 19.5 Å². The molecule has 0 aliphatic carbocycles. The second-order valence-electron chi connectivity index (χ2n) is 6.23. The lowest BCUT2D eigenvalue weighted by molar-refractivity contribution is 0.355. The average molecular weight is 473 g/mol. The Labute approximate surface area is 192 Å².